The summed E-state index contributed by atoms with van der Waals surface area (Å²) in [6.07, 6.45) is 3.29. The Morgan fingerprint density at radius 2 is 2.29 bits per heavy atom. The number of carboxylic acid groups (broad SMARTS) is 1. The highest BCUT2D eigenvalue weighted by Gasteiger charge is 2.25. The third-order valence-corrected chi connectivity index (χ3v) is 4.75. The minimum Gasteiger partial charge on any atom is -0.481 e. The van der Waals surface area contributed by atoms with Gasteiger partial charge >= 0.3 is 5.97 Å². The minimum absolute atomic E-state index is 0.00717. The van der Waals surface area contributed by atoms with Gasteiger partial charge in [0, 0.05) is 13.0 Å². The summed E-state index contributed by atoms with van der Waals surface area (Å²) >= 11 is 1.21. The number of hydrogen-bond donors (Lipinski definition) is 1. The molecule has 1 aliphatic rings. The molecule has 1 unspecified atom stereocenters. The fourth-order valence-electron chi connectivity index (χ4n) is 2.81. The quantitative estimate of drug-likeness (QED) is 0.879. The van der Waals surface area contributed by atoms with Crippen LogP contribution in [-0.4, -0.2) is 31.6 Å². The van der Waals surface area contributed by atoms with E-state index in [1.807, 2.05) is 7.05 Å². The Bertz CT molecular complexity index is 669. The van der Waals surface area contributed by atoms with Crippen molar-refractivity contribution in [2.45, 2.75) is 30.3 Å². The molecule has 0 radical (unpaired) electrons. The molecule has 0 aliphatic heterocycles. The standard InChI is InChI=1S/C15H17N3O2S/c1-18-15(21-9-13(19)20)16-14(17-18)12-8-4-6-10-5-2-3-7-11(10)12/h2-3,5,7,12H,4,6,8-9H2,1H3,(H,19,20). The van der Waals surface area contributed by atoms with Crippen LogP contribution in [0.4, 0.5) is 0 Å². The van der Waals surface area contributed by atoms with E-state index in [1.165, 1.54) is 22.9 Å². The van der Waals surface area contributed by atoms with Gasteiger partial charge in [0.1, 0.15) is 0 Å². The van der Waals surface area contributed by atoms with Crippen molar-refractivity contribution in [3.63, 3.8) is 0 Å². The maximum absolute atomic E-state index is 10.7. The van der Waals surface area contributed by atoms with Crippen molar-refractivity contribution in [2.24, 2.45) is 7.05 Å². The van der Waals surface area contributed by atoms with E-state index in [4.69, 9.17) is 5.11 Å². The molecular weight excluding hydrogens is 286 g/mol. The number of nitrogens with zero attached hydrogens (tertiary/aromatic N) is 3. The number of carbonyl (C=O) groups is 1. The van der Waals surface area contributed by atoms with E-state index in [2.05, 4.69) is 34.3 Å². The van der Waals surface area contributed by atoms with Gasteiger partial charge in [-0.25, -0.2) is 9.67 Å². The molecule has 0 spiro atoms. The van der Waals surface area contributed by atoms with Crippen LogP contribution < -0.4 is 0 Å². The largest absolute Gasteiger partial charge is 0.481 e. The summed E-state index contributed by atoms with van der Waals surface area (Å²) in [6, 6.07) is 8.45. The van der Waals surface area contributed by atoms with Crippen LogP contribution in [0.15, 0.2) is 29.4 Å². The van der Waals surface area contributed by atoms with Gasteiger partial charge < -0.3 is 5.11 Å². The van der Waals surface area contributed by atoms with Crippen LogP contribution >= 0.6 is 11.8 Å². The van der Waals surface area contributed by atoms with Gasteiger partial charge in [0.15, 0.2) is 11.0 Å². The molecule has 0 saturated carbocycles. The lowest BCUT2D eigenvalue weighted by Crippen LogP contribution is -2.12. The molecule has 1 N–H and O–H groups in total. The SMILES string of the molecule is Cn1nc(C2CCCc3ccccc32)nc1SCC(=O)O. The topological polar surface area (TPSA) is 68.0 Å². The molecule has 3 rings (SSSR count). The Kier molecular flexibility index (Phi) is 3.96. The van der Waals surface area contributed by atoms with Crippen LogP contribution in [-0.2, 0) is 18.3 Å². The van der Waals surface area contributed by atoms with Gasteiger partial charge in [0.2, 0.25) is 0 Å². The van der Waals surface area contributed by atoms with Crippen molar-refractivity contribution in [2.75, 3.05) is 5.75 Å². The molecule has 6 heteroatoms. The van der Waals surface area contributed by atoms with Gasteiger partial charge in [-0.1, -0.05) is 36.0 Å². The first kappa shape index (κ1) is 14.1. The number of aromatic nitrogens is 3. The lowest BCUT2D eigenvalue weighted by atomic mass is 9.82. The van der Waals surface area contributed by atoms with Crippen molar-refractivity contribution in [3.8, 4) is 0 Å². The molecule has 110 valence electrons. The third-order valence-electron chi connectivity index (χ3n) is 3.75. The van der Waals surface area contributed by atoms with E-state index in [1.54, 1.807) is 4.68 Å². The summed E-state index contributed by atoms with van der Waals surface area (Å²) < 4.78 is 1.68. The molecule has 5 nitrogen and oxygen atoms in total. The van der Waals surface area contributed by atoms with Crippen LogP contribution in [0.25, 0.3) is 0 Å². The molecule has 21 heavy (non-hydrogen) atoms. The number of carboxylic acids is 1. The fourth-order valence-corrected chi connectivity index (χ4v) is 3.45. The molecule has 1 atom stereocenters. The Morgan fingerprint density at radius 3 is 3.10 bits per heavy atom. The van der Waals surface area contributed by atoms with E-state index < -0.39 is 5.97 Å². The summed E-state index contributed by atoms with van der Waals surface area (Å²) in [5.74, 6) is 0.193. The van der Waals surface area contributed by atoms with Crippen LogP contribution in [0, 0.1) is 0 Å². The first-order chi connectivity index (χ1) is 10.1. The van der Waals surface area contributed by atoms with Gasteiger partial charge in [-0.15, -0.1) is 0 Å². The Labute approximate surface area is 127 Å². The van der Waals surface area contributed by atoms with Gasteiger partial charge in [0.05, 0.1) is 5.75 Å². The summed E-state index contributed by atoms with van der Waals surface area (Å²) in [6.45, 7) is 0. The average molecular weight is 303 g/mol. The predicted molar refractivity (Wildman–Crippen MR) is 80.6 cm³/mol. The van der Waals surface area contributed by atoms with Crippen molar-refractivity contribution in [1.29, 1.82) is 0 Å². The molecule has 0 bridgehead atoms. The maximum Gasteiger partial charge on any atom is 0.313 e. The zero-order valence-electron chi connectivity index (χ0n) is 11.8. The second-order valence-corrected chi connectivity index (χ2v) is 6.14. The highest BCUT2D eigenvalue weighted by molar-refractivity contribution is 7.99. The minimum atomic E-state index is -0.840. The Morgan fingerprint density at radius 1 is 1.48 bits per heavy atom. The number of thioether (sulfide) groups is 1. The number of aryl methyl sites for hydroxylation is 2. The number of benzene rings is 1. The van der Waals surface area contributed by atoms with Gasteiger partial charge in [0.25, 0.3) is 0 Å². The summed E-state index contributed by atoms with van der Waals surface area (Å²) in [5.41, 5.74) is 2.69. The zero-order chi connectivity index (χ0) is 14.8. The van der Waals surface area contributed by atoms with E-state index in [0.717, 1.165) is 25.1 Å². The predicted octanol–water partition coefficient (Wildman–Crippen LogP) is 2.46. The average Bonchev–Trinajstić information content (AvgIpc) is 2.85. The first-order valence-electron chi connectivity index (χ1n) is 6.98. The fraction of sp³-hybridized carbons (Fsp3) is 0.400. The maximum atomic E-state index is 10.7. The van der Waals surface area contributed by atoms with E-state index in [9.17, 15) is 4.79 Å². The van der Waals surface area contributed by atoms with E-state index in [0.29, 0.717) is 5.16 Å². The first-order valence-corrected chi connectivity index (χ1v) is 7.97. The van der Waals surface area contributed by atoms with Crippen LogP contribution in [0.2, 0.25) is 0 Å². The Balaban J connectivity index is 1.88. The van der Waals surface area contributed by atoms with Gasteiger partial charge in [-0.3, -0.25) is 4.79 Å². The monoisotopic (exact) mass is 303 g/mol. The second-order valence-electron chi connectivity index (χ2n) is 5.20. The number of hydrogen-bond acceptors (Lipinski definition) is 4. The van der Waals surface area contributed by atoms with Crippen molar-refractivity contribution in [1.82, 2.24) is 14.8 Å². The number of aliphatic carboxylic acids is 1. The molecule has 1 aromatic carbocycles. The van der Waals surface area contributed by atoms with Crippen molar-refractivity contribution in [3.05, 3.63) is 41.2 Å². The van der Waals surface area contributed by atoms with Crippen molar-refractivity contribution < 1.29 is 9.90 Å². The normalized spacial score (nSPS) is 17.5. The highest BCUT2D eigenvalue weighted by Crippen LogP contribution is 2.35. The van der Waals surface area contributed by atoms with Crippen molar-refractivity contribution >= 4 is 17.7 Å². The van der Waals surface area contributed by atoms with Crippen LogP contribution in [0.3, 0.4) is 0 Å². The van der Waals surface area contributed by atoms with E-state index >= 15 is 0 Å². The van der Waals surface area contributed by atoms with Gasteiger partial charge in [-0.2, -0.15) is 5.10 Å². The van der Waals surface area contributed by atoms with E-state index in [-0.39, 0.29) is 11.7 Å². The molecule has 1 aromatic heterocycles. The van der Waals surface area contributed by atoms with Crippen LogP contribution in [0.5, 0.6) is 0 Å². The zero-order valence-corrected chi connectivity index (χ0v) is 12.6. The molecular formula is C15H17N3O2S. The molecule has 1 heterocycles. The third kappa shape index (κ3) is 2.95. The molecule has 0 amide bonds. The summed E-state index contributed by atoms with van der Waals surface area (Å²) in [4.78, 5) is 15.2. The molecule has 0 saturated heterocycles. The molecule has 0 fully saturated rings. The summed E-state index contributed by atoms with van der Waals surface area (Å²) in [5, 5.41) is 13.9. The smallest absolute Gasteiger partial charge is 0.313 e. The lowest BCUT2D eigenvalue weighted by molar-refractivity contribution is -0.133. The highest BCUT2D eigenvalue weighted by atomic mass is 32.2. The molecule has 1 aliphatic carbocycles. The second kappa shape index (κ2) is 5.89. The lowest BCUT2D eigenvalue weighted by Gasteiger charge is -2.23. The number of rotatable bonds is 4. The molecule has 2 aromatic rings. The van der Waals surface area contributed by atoms with Crippen LogP contribution in [0.1, 0.15) is 35.7 Å². The Hall–Kier alpha value is -1.82. The summed E-state index contributed by atoms with van der Waals surface area (Å²) in [7, 11) is 1.81. The van der Waals surface area contributed by atoms with Gasteiger partial charge in [-0.05, 0) is 30.4 Å². The number of fused-ring (bicyclic) bond motifs is 1.